The number of carbonyl (C=O) groups is 1. The van der Waals surface area contributed by atoms with E-state index in [4.69, 9.17) is 11.2 Å². The van der Waals surface area contributed by atoms with Crippen molar-refractivity contribution in [2.45, 2.75) is 13.5 Å². The molecule has 2 aromatic rings. The molecule has 31 heavy (non-hydrogen) atoms. The summed E-state index contributed by atoms with van der Waals surface area (Å²) in [7, 11) is 0. The summed E-state index contributed by atoms with van der Waals surface area (Å²) in [6, 6.07) is 7.49. The molecule has 1 aliphatic rings. The summed E-state index contributed by atoms with van der Waals surface area (Å²) in [5, 5.41) is 15.0. The lowest BCUT2D eigenvalue weighted by Crippen LogP contribution is -2.36. The minimum absolute atomic E-state index is 0.00254. The fourth-order valence-electron chi connectivity index (χ4n) is 3.02. The van der Waals surface area contributed by atoms with E-state index in [9.17, 15) is 14.9 Å². The predicted molar refractivity (Wildman–Crippen MR) is 120 cm³/mol. The summed E-state index contributed by atoms with van der Waals surface area (Å²) in [6.07, 6.45) is 6.70. The maximum absolute atomic E-state index is 12.8. The SMILES string of the molecule is C#CCNC(=O)C(C#N)=c1sc(=CNc2cccc(N3CCOCC3)n2)c(=O)n1CC. The van der Waals surface area contributed by atoms with Crippen molar-refractivity contribution in [3.8, 4) is 18.4 Å². The maximum atomic E-state index is 12.8. The fourth-order valence-corrected chi connectivity index (χ4v) is 4.11. The highest BCUT2D eigenvalue weighted by Crippen LogP contribution is 2.15. The number of amides is 1. The molecular weight excluding hydrogens is 416 g/mol. The first-order chi connectivity index (χ1) is 15.1. The Kier molecular flexibility index (Phi) is 7.44. The van der Waals surface area contributed by atoms with Crippen LogP contribution in [0.25, 0.3) is 11.8 Å². The maximum Gasteiger partial charge on any atom is 0.270 e. The van der Waals surface area contributed by atoms with E-state index in [1.54, 1.807) is 19.2 Å². The van der Waals surface area contributed by atoms with Crippen molar-refractivity contribution in [2.24, 2.45) is 0 Å². The molecule has 10 heteroatoms. The molecule has 0 atom stereocenters. The zero-order valence-electron chi connectivity index (χ0n) is 17.1. The molecule has 1 fully saturated rings. The van der Waals surface area contributed by atoms with E-state index in [2.05, 4.69) is 26.4 Å². The van der Waals surface area contributed by atoms with Gasteiger partial charge in [-0.1, -0.05) is 12.0 Å². The Bertz CT molecular complexity index is 1210. The first kappa shape index (κ1) is 22.1. The van der Waals surface area contributed by atoms with Crippen LogP contribution in [-0.4, -0.2) is 48.3 Å². The van der Waals surface area contributed by atoms with Crippen LogP contribution in [0.2, 0.25) is 0 Å². The quantitative estimate of drug-likeness (QED) is 0.581. The summed E-state index contributed by atoms with van der Waals surface area (Å²) < 4.78 is 7.40. The van der Waals surface area contributed by atoms with Gasteiger partial charge in [0.25, 0.3) is 11.5 Å². The van der Waals surface area contributed by atoms with E-state index < -0.39 is 5.91 Å². The number of nitrogens with zero attached hydrogens (tertiary/aromatic N) is 4. The molecule has 3 heterocycles. The number of rotatable bonds is 6. The lowest BCUT2D eigenvalue weighted by molar-refractivity contribution is -0.115. The van der Waals surface area contributed by atoms with Crippen LogP contribution in [0.15, 0.2) is 23.0 Å². The molecule has 1 amide bonds. The van der Waals surface area contributed by atoms with Gasteiger partial charge >= 0.3 is 0 Å². The summed E-state index contributed by atoms with van der Waals surface area (Å²) in [5.74, 6) is 3.08. The first-order valence-corrected chi connectivity index (χ1v) is 10.5. The summed E-state index contributed by atoms with van der Waals surface area (Å²) in [6.45, 7) is 4.94. The second kappa shape index (κ2) is 10.4. The molecule has 0 unspecified atom stereocenters. The van der Waals surface area contributed by atoms with Gasteiger partial charge in [0.2, 0.25) is 0 Å². The number of hydrogen-bond acceptors (Lipinski definition) is 8. The minimum Gasteiger partial charge on any atom is -0.378 e. The van der Waals surface area contributed by atoms with Crippen LogP contribution in [0.4, 0.5) is 11.6 Å². The van der Waals surface area contributed by atoms with Crippen molar-refractivity contribution in [3.63, 3.8) is 0 Å². The molecule has 0 bridgehead atoms. The molecule has 0 saturated carbocycles. The third-order valence-corrected chi connectivity index (χ3v) is 5.68. The Morgan fingerprint density at radius 3 is 2.87 bits per heavy atom. The van der Waals surface area contributed by atoms with E-state index >= 15 is 0 Å². The zero-order valence-corrected chi connectivity index (χ0v) is 17.9. The Morgan fingerprint density at radius 1 is 1.42 bits per heavy atom. The Labute approximate surface area is 183 Å². The Balaban J connectivity index is 1.95. The van der Waals surface area contributed by atoms with Crippen molar-refractivity contribution in [3.05, 3.63) is 37.7 Å². The highest BCUT2D eigenvalue weighted by atomic mass is 32.1. The predicted octanol–water partition coefficient (Wildman–Crippen LogP) is -0.565. The van der Waals surface area contributed by atoms with Gasteiger partial charge in [-0.15, -0.1) is 17.8 Å². The van der Waals surface area contributed by atoms with E-state index in [1.165, 1.54) is 4.57 Å². The Morgan fingerprint density at radius 2 is 2.19 bits per heavy atom. The zero-order chi connectivity index (χ0) is 22.2. The number of nitrogens with one attached hydrogen (secondary N) is 2. The van der Waals surface area contributed by atoms with Gasteiger partial charge in [-0.05, 0) is 19.1 Å². The van der Waals surface area contributed by atoms with E-state index in [0.717, 1.165) is 30.2 Å². The number of ether oxygens (including phenoxy) is 1. The van der Waals surface area contributed by atoms with Crippen LogP contribution in [-0.2, 0) is 16.1 Å². The second-order valence-corrected chi connectivity index (χ2v) is 7.49. The highest BCUT2D eigenvalue weighted by Gasteiger charge is 2.15. The van der Waals surface area contributed by atoms with Crippen LogP contribution in [0.3, 0.4) is 0 Å². The number of anilines is 2. The fraction of sp³-hybridized carbons (Fsp3) is 0.333. The number of carbonyl (C=O) groups excluding carboxylic acids is 1. The Hall–Kier alpha value is -3.60. The van der Waals surface area contributed by atoms with Gasteiger partial charge in [0.05, 0.1) is 19.8 Å². The second-order valence-electron chi connectivity index (χ2n) is 6.46. The molecule has 1 saturated heterocycles. The summed E-state index contributed by atoms with van der Waals surface area (Å²) >= 11 is 1.06. The van der Waals surface area contributed by atoms with Gasteiger partial charge in [0.1, 0.15) is 26.9 Å². The molecule has 9 nitrogen and oxygen atoms in total. The van der Waals surface area contributed by atoms with Gasteiger partial charge in [-0.3, -0.25) is 14.2 Å². The topological polar surface area (TPSA) is 112 Å². The first-order valence-electron chi connectivity index (χ1n) is 9.71. The van der Waals surface area contributed by atoms with Crippen molar-refractivity contribution in [1.29, 1.82) is 5.26 Å². The van der Waals surface area contributed by atoms with Crippen LogP contribution in [0.1, 0.15) is 6.92 Å². The molecule has 0 aliphatic carbocycles. The van der Waals surface area contributed by atoms with E-state index in [-0.39, 0.29) is 22.3 Å². The van der Waals surface area contributed by atoms with Crippen molar-refractivity contribution in [1.82, 2.24) is 14.9 Å². The number of pyridine rings is 1. The van der Waals surface area contributed by atoms with Crippen molar-refractivity contribution < 1.29 is 9.53 Å². The summed E-state index contributed by atoms with van der Waals surface area (Å²) in [5.41, 5.74) is -0.442. The lowest BCUT2D eigenvalue weighted by atomic mass is 10.3. The largest absolute Gasteiger partial charge is 0.378 e. The van der Waals surface area contributed by atoms with E-state index in [1.807, 2.05) is 18.2 Å². The summed E-state index contributed by atoms with van der Waals surface area (Å²) in [4.78, 5) is 31.8. The number of thiazole rings is 1. The molecule has 1 aliphatic heterocycles. The normalized spacial score (nSPS) is 15.1. The number of aromatic nitrogens is 2. The van der Waals surface area contributed by atoms with Gasteiger partial charge < -0.3 is 20.3 Å². The molecule has 2 N–H and O–H groups in total. The van der Waals surface area contributed by atoms with Crippen LogP contribution in [0, 0.1) is 23.7 Å². The van der Waals surface area contributed by atoms with Crippen LogP contribution in [0.5, 0.6) is 0 Å². The monoisotopic (exact) mass is 438 g/mol. The average Bonchev–Trinajstić information content (AvgIpc) is 3.12. The smallest absolute Gasteiger partial charge is 0.270 e. The molecule has 0 radical (unpaired) electrons. The molecule has 0 aromatic carbocycles. The molecule has 0 spiro atoms. The van der Waals surface area contributed by atoms with Gasteiger partial charge in [0, 0.05) is 25.8 Å². The number of hydrogen-bond donors (Lipinski definition) is 2. The number of nitriles is 1. The third-order valence-electron chi connectivity index (χ3n) is 4.55. The number of morpholine rings is 1. The molecular formula is C21H22N6O3S. The molecule has 160 valence electrons. The van der Waals surface area contributed by atoms with Gasteiger partial charge in [-0.25, -0.2) is 4.98 Å². The average molecular weight is 439 g/mol. The van der Waals surface area contributed by atoms with Crippen molar-refractivity contribution in [2.75, 3.05) is 43.1 Å². The van der Waals surface area contributed by atoms with Crippen LogP contribution >= 0.6 is 11.3 Å². The van der Waals surface area contributed by atoms with Gasteiger partial charge in [0.15, 0.2) is 5.57 Å². The van der Waals surface area contributed by atoms with Crippen molar-refractivity contribution >= 4 is 40.7 Å². The van der Waals surface area contributed by atoms with E-state index in [0.29, 0.717) is 30.1 Å². The van der Waals surface area contributed by atoms with Gasteiger partial charge in [-0.2, -0.15) is 5.26 Å². The third kappa shape index (κ3) is 5.12. The molecule has 2 aromatic heterocycles. The highest BCUT2D eigenvalue weighted by molar-refractivity contribution is 7.07. The number of terminal acetylenes is 1. The standard InChI is InChI=1S/C21H22N6O3S/c1-3-8-23-19(28)15(13-22)21-27(4-2)20(29)16(31-21)14-24-17-6-5-7-18(25-17)26-9-11-30-12-10-26/h1,5-7,14H,4,8-12H2,2H3,(H,23,28)(H,24,25). The van der Waals surface area contributed by atoms with Crippen LogP contribution < -0.4 is 30.3 Å². The minimum atomic E-state index is -0.608. The molecule has 3 rings (SSSR count). The lowest BCUT2D eigenvalue weighted by Gasteiger charge is -2.27.